The molecule has 1 aliphatic rings. The van der Waals surface area contributed by atoms with Crippen molar-refractivity contribution in [2.24, 2.45) is 0 Å². The summed E-state index contributed by atoms with van der Waals surface area (Å²) >= 11 is 0. The van der Waals surface area contributed by atoms with E-state index in [1.165, 1.54) is 12.1 Å². The lowest BCUT2D eigenvalue weighted by Crippen LogP contribution is -2.45. The van der Waals surface area contributed by atoms with Crippen LogP contribution in [-0.4, -0.2) is 37.0 Å². The van der Waals surface area contributed by atoms with E-state index in [9.17, 15) is 18.0 Å². The van der Waals surface area contributed by atoms with Crippen molar-refractivity contribution in [3.63, 3.8) is 0 Å². The molecule has 4 aromatic rings. The molecule has 1 fully saturated rings. The largest absolute Gasteiger partial charge is 0.416 e. The number of aryl methyl sites for hydroxylation is 1. The van der Waals surface area contributed by atoms with Crippen LogP contribution in [0.2, 0.25) is 0 Å². The number of carbonyl (C=O) groups excluding carboxylic acids is 1. The van der Waals surface area contributed by atoms with Crippen LogP contribution in [0.4, 0.5) is 24.5 Å². The second kappa shape index (κ2) is 11.9. The van der Waals surface area contributed by atoms with E-state index in [1.54, 1.807) is 18.2 Å². The molecule has 4 aromatic carbocycles. The van der Waals surface area contributed by atoms with Crippen LogP contribution in [0.3, 0.4) is 0 Å². The minimum Gasteiger partial charge on any atom is -0.369 e. The molecule has 41 heavy (non-hydrogen) atoms. The number of hydrogen-bond donors (Lipinski definition) is 1. The molecule has 1 aliphatic heterocycles. The Kier molecular flexibility index (Phi) is 8.09. The highest BCUT2D eigenvalue weighted by molar-refractivity contribution is 6.04. The maximum atomic E-state index is 12.9. The molecule has 0 radical (unpaired) electrons. The van der Waals surface area contributed by atoms with Crippen LogP contribution in [0.15, 0.2) is 91.0 Å². The number of nitrogens with zero attached hydrogens (tertiary/aromatic N) is 3. The van der Waals surface area contributed by atoms with Crippen molar-refractivity contribution in [3.05, 3.63) is 119 Å². The van der Waals surface area contributed by atoms with Crippen LogP contribution in [0, 0.1) is 18.3 Å². The second-order valence-corrected chi connectivity index (χ2v) is 10.2. The van der Waals surface area contributed by atoms with Crippen LogP contribution in [-0.2, 0) is 12.7 Å². The van der Waals surface area contributed by atoms with Gasteiger partial charge in [0.25, 0.3) is 5.91 Å². The number of hydrogen-bond acceptors (Lipinski definition) is 4. The van der Waals surface area contributed by atoms with Gasteiger partial charge in [-0.2, -0.15) is 18.4 Å². The molecule has 0 aromatic heterocycles. The van der Waals surface area contributed by atoms with E-state index in [0.717, 1.165) is 67.2 Å². The molecule has 8 heteroatoms. The first kappa shape index (κ1) is 27.9. The summed E-state index contributed by atoms with van der Waals surface area (Å²) in [4.78, 5) is 17.6. The minimum absolute atomic E-state index is 0.256. The molecule has 0 bridgehead atoms. The van der Waals surface area contributed by atoms with Gasteiger partial charge in [0.2, 0.25) is 0 Å². The molecule has 1 amide bonds. The highest BCUT2D eigenvalue weighted by atomic mass is 19.4. The molecule has 1 heterocycles. The maximum absolute atomic E-state index is 12.9. The van der Waals surface area contributed by atoms with Crippen LogP contribution in [0.25, 0.3) is 11.1 Å². The third kappa shape index (κ3) is 6.76. The van der Waals surface area contributed by atoms with E-state index in [-0.39, 0.29) is 5.91 Å². The summed E-state index contributed by atoms with van der Waals surface area (Å²) in [7, 11) is 0. The smallest absolute Gasteiger partial charge is 0.369 e. The molecule has 1 saturated heterocycles. The lowest BCUT2D eigenvalue weighted by Gasteiger charge is -2.36. The van der Waals surface area contributed by atoms with Crippen LogP contribution < -0.4 is 10.2 Å². The van der Waals surface area contributed by atoms with E-state index < -0.39 is 11.7 Å². The normalized spacial score (nSPS) is 14.0. The van der Waals surface area contributed by atoms with Crippen molar-refractivity contribution >= 4 is 17.3 Å². The summed E-state index contributed by atoms with van der Waals surface area (Å²) in [6.45, 7) is 6.25. The molecular formula is C33H29F3N4O. The van der Waals surface area contributed by atoms with Crippen molar-refractivity contribution < 1.29 is 18.0 Å². The Bertz CT molecular complexity index is 1570. The van der Waals surface area contributed by atoms with Gasteiger partial charge in [-0.1, -0.05) is 30.3 Å². The molecule has 0 aliphatic carbocycles. The number of amides is 1. The molecule has 0 saturated carbocycles. The lowest BCUT2D eigenvalue weighted by atomic mass is 9.97. The molecule has 1 N–H and O–H groups in total. The number of piperazine rings is 1. The summed E-state index contributed by atoms with van der Waals surface area (Å²) < 4.78 is 38.7. The first-order chi connectivity index (χ1) is 19.7. The van der Waals surface area contributed by atoms with Crippen LogP contribution in [0.1, 0.15) is 32.6 Å². The minimum atomic E-state index is -4.38. The van der Waals surface area contributed by atoms with Gasteiger partial charge in [-0.05, 0) is 89.8 Å². The third-order valence-corrected chi connectivity index (χ3v) is 7.34. The number of nitrogens with one attached hydrogen (secondary N) is 1. The zero-order chi connectivity index (χ0) is 29.0. The molecule has 0 spiro atoms. The van der Waals surface area contributed by atoms with E-state index in [4.69, 9.17) is 5.26 Å². The Morgan fingerprint density at radius 2 is 1.61 bits per heavy atom. The number of benzene rings is 4. The van der Waals surface area contributed by atoms with E-state index in [0.29, 0.717) is 22.4 Å². The standard InChI is InChI=1S/C33H29F3N4O/c1-23-19-27(7-14-31(23)26-5-8-28(9-6-26)33(34,35)36)32(41)38-29-10-12-30(13-11-29)40-17-15-39(16-18-40)22-25-4-2-3-24(20-25)21-37/h2-14,19-20H,15-18,22H2,1H3,(H,38,41). The Balaban J connectivity index is 1.16. The summed E-state index contributed by atoms with van der Waals surface area (Å²) in [5.41, 5.74) is 5.60. The van der Waals surface area contributed by atoms with Crippen LogP contribution in [0.5, 0.6) is 0 Å². The quantitative estimate of drug-likeness (QED) is 0.276. The average molecular weight is 555 g/mol. The predicted octanol–water partition coefficient (Wildman–Crippen LogP) is 7.13. The fourth-order valence-electron chi connectivity index (χ4n) is 5.09. The summed E-state index contributed by atoms with van der Waals surface area (Å²) in [6.07, 6.45) is -4.38. The molecule has 0 atom stereocenters. The maximum Gasteiger partial charge on any atom is 0.416 e. The van der Waals surface area contributed by atoms with Gasteiger partial charge in [0.1, 0.15) is 0 Å². The zero-order valence-corrected chi connectivity index (χ0v) is 22.6. The first-order valence-electron chi connectivity index (χ1n) is 13.4. The Morgan fingerprint density at radius 1 is 0.902 bits per heavy atom. The third-order valence-electron chi connectivity index (χ3n) is 7.34. The van der Waals surface area contributed by atoms with Crippen molar-refractivity contribution in [3.8, 4) is 17.2 Å². The van der Waals surface area contributed by atoms with Crippen LogP contribution >= 0.6 is 0 Å². The summed E-state index contributed by atoms with van der Waals surface area (Å²) in [5.74, 6) is -0.256. The number of halogens is 3. The average Bonchev–Trinajstić information content (AvgIpc) is 2.98. The van der Waals surface area contributed by atoms with Gasteiger partial charge in [-0.15, -0.1) is 0 Å². The SMILES string of the molecule is Cc1cc(C(=O)Nc2ccc(N3CCN(Cc4cccc(C#N)c4)CC3)cc2)ccc1-c1ccc(C(F)(F)F)cc1. The molecule has 0 unspecified atom stereocenters. The molecule has 5 nitrogen and oxygen atoms in total. The number of alkyl halides is 3. The van der Waals surface area contributed by atoms with Gasteiger partial charge in [0, 0.05) is 49.7 Å². The number of anilines is 2. The summed E-state index contributed by atoms with van der Waals surface area (Å²) in [6, 6.07) is 27.9. The van der Waals surface area contributed by atoms with E-state index >= 15 is 0 Å². The zero-order valence-electron chi connectivity index (χ0n) is 22.6. The van der Waals surface area contributed by atoms with Gasteiger partial charge >= 0.3 is 6.18 Å². The van der Waals surface area contributed by atoms with Gasteiger partial charge < -0.3 is 10.2 Å². The first-order valence-corrected chi connectivity index (χ1v) is 13.4. The topological polar surface area (TPSA) is 59.4 Å². The molecule has 5 rings (SSSR count). The Labute approximate surface area is 237 Å². The number of carbonyl (C=O) groups is 1. The fraction of sp³-hybridized carbons (Fsp3) is 0.212. The Morgan fingerprint density at radius 3 is 2.24 bits per heavy atom. The van der Waals surface area contributed by atoms with E-state index in [2.05, 4.69) is 27.3 Å². The van der Waals surface area contributed by atoms with Crippen molar-refractivity contribution in [1.29, 1.82) is 5.26 Å². The highest BCUT2D eigenvalue weighted by Gasteiger charge is 2.30. The van der Waals surface area contributed by atoms with Crippen molar-refractivity contribution in [1.82, 2.24) is 4.90 Å². The monoisotopic (exact) mass is 554 g/mol. The highest BCUT2D eigenvalue weighted by Crippen LogP contribution is 2.32. The molecular weight excluding hydrogens is 525 g/mol. The fourth-order valence-corrected chi connectivity index (χ4v) is 5.09. The second-order valence-electron chi connectivity index (χ2n) is 10.2. The van der Waals surface area contributed by atoms with Gasteiger partial charge in [-0.25, -0.2) is 0 Å². The lowest BCUT2D eigenvalue weighted by molar-refractivity contribution is -0.137. The molecule has 208 valence electrons. The van der Waals surface area contributed by atoms with Gasteiger partial charge in [0.05, 0.1) is 17.2 Å². The Hall–Kier alpha value is -4.61. The van der Waals surface area contributed by atoms with Gasteiger partial charge in [0.15, 0.2) is 0 Å². The van der Waals surface area contributed by atoms with E-state index in [1.807, 2.05) is 49.4 Å². The predicted molar refractivity (Wildman–Crippen MR) is 155 cm³/mol. The number of nitriles is 1. The van der Waals surface area contributed by atoms with Gasteiger partial charge in [-0.3, -0.25) is 9.69 Å². The van der Waals surface area contributed by atoms with Crippen molar-refractivity contribution in [2.45, 2.75) is 19.6 Å². The number of rotatable bonds is 6. The summed E-state index contributed by atoms with van der Waals surface area (Å²) in [5, 5.41) is 12.0. The van der Waals surface area contributed by atoms with Crippen molar-refractivity contribution in [2.75, 3.05) is 36.4 Å².